The normalized spacial score (nSPS) is 17.7. The van der Waals surface area contributed by atoms with E-state index in [4.69, 9.17) is 19.5 Å². The van der Waals surface area contributed by atoms with Crippen molar-refractivity contribution in [2.24, 2.45) is 0 Å². The summed E-state index contributed by atoms with van der Waals surface area (Å²) >= 11 is 0. The van der Waals surface area contributed by atoms with Gasteiger partial charge in [0.05, 0.1) is 36.8 Å². The van der Waals surface area contributed by atoms with Crippen LogP contribution in [0.25, 0.3) is 11.4 Å². The lowest BCUT2D eigenvalue weighted by molar-refractivity contribution is -0.0332. The van der Waals surface area contributed by atoms with Gasteiger partial charge in [0.1, 0.15) is 24.0 Å². The van der Waals surface area contributed by atoms with E-state index < -0.39 is 0 Å². The number of methoxy groups -OCH3 is 1. The van der Waals surface area contributed by atoms with E-state index in [-0.39, 0.29) is 12.1 Å². The first kappa shape index (κ1) is 22.0. The molecule has 0 unspecified atom stereocenters. The van der Waals surface area contributed by atoms with Gasteiger partial charge in [-0.3, -0.25) is 14.9 Å². The largest absolute Gasteiger partial charge is 0.495 e. The maximum Gasteiger partial charge on any atom is 0.338 e. The molecular formula is C26H24N4O4. The predicted molar refractivity (Wildman–Crippen MR) is 123 cm³/mol. The predicted octanol–water partition coefficient (Wildman–Crippen LogP) is 3.58. The van der Waals surface area contributed by atoms with Gasteiger partial charge in [0.25, 0.3) is 0 Å². The highest BCUT2D eigenvalue weighted by atomic mass is 16.5. The zero-order valence-electron chi connectivity index (χ0n) is 19.1. The number of nitrogens with zero attached hydrogens (tertiary/aromatic N) is 4. The fraction of sp³-hybridized carbons (Fsp3) is 0.308. The van der Waals surface area contributed by atoms with Crippen molar-refractivity contribution < 1.29 is 19.0 Å². The first-order chi connectivity index (χ1) is 16.6. The van der Waals surface area contributed by atoms with Crippen LogP contribution in [0.1, 0.15) is 44.3 Å². The molecule has 1 aromatic carbocycles. The number of pyridine rings is 2. The quantitative estimate of drug-likeness (QED) is 0.538. The van der Waals surface area contributed by atoms with Gasteiger partial charge in [-0.2, -0.15) is 5.26 Å². The Morgan fingerprint density at radius 2 is 2.06 bits per heavy atom. The average molecular weight is 457 g/mol. The summed E-state index contributed by atoms with van der Waals surface area (Å²) in [5.74, 6) is 0.233. The van der Waals surface area contributed by atoms with Gasteiger partial charge >= 0.3 is 5.97 Å². The first-order valence-corrected chi connectivity index (χ1v) is 11.1. The van der Waals surface area contributed by atoms with Crippen LogP contribution in [0.2, 0.25) is 0 Å². The minimum atomic E-state index is -0.249. The number of hydrogen-bond acceptors (Lipinski definition) is 8. The lowest BCUT2D eigenvalue weighted by Gasteiger charge is -2.34. The second-order valence-corrected chi connectivity index (χ2v) is 8.41. The summed E-state index contributed by atoms with van der Waals surface area (Å²) in [4.78, 5) is 23.1. The van der Waals surface area contributed by atoms with E-state index in [1.54, 1.807) is 6.07 Å². The Hall–Kier alpha value is -3.80. The smallest absolute Gasteiger partial charge is 0.338 e. The standard InChI is InChI=1S/C26H24N4O4/c1-16-19(4-5-20-21(16)15-34-26(20)31)25-14-30(7-8-33-25)13-17-3-6-22(28-11-17)23-9-24(32-2)18(10-27)12-29-23/h3-6,9,11-12,25H,7-8,13-15H2,1-2H3/t25-/m0/s1. The molecule has 2 aromatic heterocycles. The Bertz CT molecular complexity index is 1280. The molecule has 3 aromatic rings. The fourth-order valence-electron chi connectivity index (χ4n) is 4.51. The highest BCUT2D eigenvalue weighted by molar-refractivity contribution is 5.94. The number of cyclic esters (lactones) is 1. The second-order valence-electron chi connectivity index (χ2n) is 8.41. The Kier molecular flexibility index (Phi) is 5.97. The highest BCUT2D eigenvalue weighted by Gasteiger charge is 2.29. The van der Waals surface area contributed by atoms with Crippen molar-refractivity contribution in [1.29, 1.82) is 5.26 Å². The molecule has 0 bridgehead atoms. The molecule has 2 aliphatic rings. The summed E-state index contributed by atoms with van der Waals surface area (Å²) < 4.78 is 16.6. The molecule has 0 amide bonds. The summed E-state index contributed by atoms with van der Waals surface area (Å²) in [7, 11) is 1.53. The third kappa shape index (κ3) is 4.12. The number of benzene rings is 1. The Balaban J connectivity index is 1.28. The molecule has 8 heteroatoms. The molecule has 0 N–H and O–H groups in total. The maximum atomic E-state index is 11.8. The van der Waals surface area contributed by atoms with E-state index in [1.165, 1.54) is 13.3 Å². The molecule has 34 heavy (non-hydrogen) atoms. The van der Waals surface area contributed by atoms with E-state index in [9.17, 15) is 4.79 Å². The van der Waals surface area contributed by atoms with Gasteiger partial charge in [0.2, 0.25) is 0 Å². The van der Waals surface area contributed by atoms with Crippen LogP contribution in [0, 0.1) is 18.3 Å². The van der Waals surface area contributed by atoms with Gasteiger partial charge in [0.15, 0.2) is 0 Å². The van der Waals surface area contributed by atoms with E-state index in [1.807, 2.05) is 37.4 Å². The van der Waals surface area contributed by atoms with Crippen LogP contribution in [0.5, 0.6) is 5.75 Å². The first-order valence-electron chi connectivity index (χ1n) is 11.1. The van der Waals surface area contributed by atoms with E-state index in [0.29, 0.717) is 35.8 Å². The fourth-order valence-corrected chi connectivity index (χ4v) is 4.51. The highest BCUT2D eigenvalue weighted by Crippen LogP contribution is 2.32. The maximum absolute atomic E-state index is 11.8. The van der Waals surface area contributed by atoms with E-state index in [2.05, 4.69) is 20.9 Å². The lowest BCUT2D eigenvalue weighted by Crippen LogP contribution is -2.38. The van der Waals surface area contributed by atoms with Crippen LogP contribution in [-0.2, 0) is 22.6 Å². The number of morpholine rings is 1. The molecule has 0 radical (unpaired) electrons. The Labute approximate surface area is 197 Å². The van der Waals surface area contributed by atoms with Crippen molar-refractivity contribution in [3.63, 3.8) is 0 Å². The number of nitriles is 1. The topological polar surface area (TPSA) is 97.6 Å². The zero-order valence-corrected chi connectivity index (χ0v) is 19.1. The molecule has 0 saturated carbocycles. The minimum absolute atomic E-state index is 0.0581. The molecule has 0 aliphatic carbocycles. The van der Waals surface area contributed by atoms with Crippen LogP contribution in [0.15, 0.2) is 42.7 Å². The van der Waals surface area contributed by atoms with Crippen molar-refractivity contribution in [3.05, 3.63) is 76.1 Å². The molecule has 1 fully saturated rings. The zero-order chi connectivity index (χ0) is 23.7. The lowest BCUT2D eigenvalue weighted by atomic mass is 9.94. The Morgan fingerprint density at radius 1 is 1.21 bits per heavy atom. The van der Waals surface area contributed by atoms with Gasteiger partial charge in [-0.25, -0.2) is 4.79 Å². The van der Waals surface area contributed by atoms with Gasteiger partial charge in [0, 0.05) is 43.7 Å². The monoisotopic (exact) mass is 456 g/mol. The summed E-state index contributed by atoms with van der Waals surface area (Å²) in [6.07, 6.45) is 3.30. The average Bonchev–Trinajstić information content (AvgIpc) is 3.26. The number of carbonyl (C=O) groups is 1. The molecule has 0 spiro atoms. The van der Waals surface area contributed by atoms with Crippen molar-refractivity contribution in [2.75, 3.05) is 26.8 Å². The third-order valence-electron chi connectivity index (χ3n) is 6.41. The van der Waals surface area contributed by atoms with Crippen LogP contribution < -0.4 is 4.74 Å². The van der Waals surface area contributed by atoms with Crippen molar-refractivity contribution in [2.45, 2.75) is 26.2 Å². The van der Waals surface area contributed by atoms with Crippen LogP contribution in [0.3, 0.4) is 0 Å². The number of rotatable bonds is 5. The molecule has 4 heterocycles. The second kappa shape index (κ2) is 9.21. The van der Waals surface area contributed by atoms with Crippen LogP contribution >= 0.6 is 0 Å². The van der Waals surface area contributed by atoms with Gasteiger partial charge in [-0.1, -0.05) is 12.1 Å². The molecular weight excluding hydrogens is 432 g/mol. The summed E-state index contributed by atoms with van der Waals surface area (Å²) in [6, 6.07) is 11.6. The summed E-state index contributed by atoms with van der Waals surface area (Å²) in [5, 5.41) is 9.14. The van der Waals surface area contributed by atoms with Crippen molar-refractivity contribution in [3.8, 4) is 23.2 Å². The minimum Gasteiger partial charge on any atom is -0.495 e. The number of fused-ring (bicyclic) bond motifs is 1. The van der Waals surface area contributed by atoms with Crippen LogP contribution in [0.4, 0.5) is 0 Å². The molecule has 2 aliphatic heterocycles. The van der Waals surface area contributed by atoms with Gasteiger partial charge < -0.3 is 14.2 Å². The molecule has 1 saturated heterocycles. The SMILES string of the molecule is COc1cc(-c2ccc(CN3CCO[C@H](c4ccc5c(c4C)COC5=O)C3)cn2)ncc1C#N. The molecule has 8 nitrogen and oxygen atoms in total. The van der Waals surface area contributed by atoms with Gasteiger partial charge in [-0.05, 0) is 35.7 Å². The number of aromatic nitrogens is 2. The van der Waals surface area contributed by atoms with Gasteiger partial charge in [-0.15, -0.1) is 0 Å². The number of hydrogen-bond donors (Lipinski definition) is 0. The van der Waals surface area contributed by atoms with E-state index in [0.717, 1.165) is 47.6 Å². The van der Waals surface area contributed by atoms with E-state index >= 15 is 0 Å². The number of carbonyl (C=O) groups excluding carboxylic acids is 1. The van der Waals surface area contributed by atoms with Crippen LogP contribution in [-0.4, -0.2) is 47.6 Å². The molecule has 1 atom stereocenters. The molecule has 5 rings (SSSR count). The van der Waals surface area contributed by atoms with Crippen molar-refractivity contribution in [1.82, 2.24) is 14.9 Å². The third-order valence-corrected chi connectivity index (χ3v) is 6.41. The van der Waals surface area contributed by atoms with Crippen molar-refractivity contribution >= 4 is 5.97 Å². The number of esters is 1. The Morgan fingerprint density at radius 3 is 2.82 bits per heavy atom. The molecule has 172 valence electrons. The summed E-state index contributed by atoms with van der Waals surface area (Å²) in [6.45, 7) is 5.35. The number of ether oxygens (including phenoxy) is 3. The summed E-state index contributed by atoms with van der Waals surface area (Å²) in [5.41, 5.74) is 6.67.